The van der Waals surface area contributed by atoms with Crippen LogP contribution in [0.1, 0.15) is 12.3 Å². The van der Waals surface area contributed by atoms with Crippen molar-refractivity contribution in [1.82, 2.24) is 20.3 Å². The second-order valence-corrected chi connectivity index (χ2v) is 6.40. The number of aromatic amines is 1. The van der Waals surface area contributed by atoms with Crippen LogP contribution in [0, 0.1) is 0 Å². The molecule has 0 unspecified atom stereocenters. The normalized spacial score (nSPS) is 10.8. The van der Waals surface area contributed by atoms with Crippen molar-refractivity contribution in [3.05, 3.63) is 59.2 Å². The van der Waals surface area contributed by atoms with Gasteiger partial charge in [-0.25, -0.2) is 0 Å². The van der Waals surface area contributed by atoms with Gasteiger partial charge in [-0.3, -0.25) is 9.89 Å². The van der Waals surface area contributed by atoms with Crippen LogP contribution in [0.5, 0.6) is 0 Å². The van der Waals surface area contributed by atoms with Crippen LogP contribution >= 0.6 is 11.3 Å². The molecule has 0 saturated heterocycles. The minimum atomic E-state index is -0.102. The minimum Gasteiger partial charge on any atom is -0.339 e. The Hall–Kier alpha value is -3.26. The summed E-state index contributed by atoms with van der Waals surface area (Å²) in [5.41, 5.74) is 3.60. The highest BCUT2D eigenvalue weighted by Crippen LogP contribution is 2.20. The number of nitrogens with zero attached hydrogens (tertiary/aromatic N) is 3. The molecule has 0 aliphatic heterocycles. The van der Waals surface area contributed by atoms with Gasteiger partial charge in [0.15, 0.2) is 0 Å². The summed E-state index contributed by atoms with van der Waals surface area (Å²) in [6.45, 7) is 0. The fourth-order valence-electron chi connectivity index (χ4n) is 2.46. The monoisotopic (exact) mass is 365 g/mol. The zero-order valence-electron chi connectivity index (χ0n) is 13.7. The molecule has 130 valence electrons. The van der Waals surface area contributed by atoms with Gasteiger partial charge in [0.1, 0.15) is 0 Å². The number of hydrogen-bond acceptors (Lipinski definition) is 6. The Morgan fingerprint density at radius 2 is 2.04 bits per heavy atom. The predicted octanol–water partition coefficient (Wildman–Crippen LogP) is 3.76. The lowest BCUT2D eigenvalue weighted by molar-refractivity contribution is -0.116. The van der Waals surface area contributed by atoms with Gasteiger partial charge in [-0.15, -0.1) is 0 Å². The number of amides is 1. The summed E-state index contributed by atoms with van der Waals surface area (Å²) in [5, 5.41) is 17.5. The van der Waals surface area contributed by atoms with Crippen molar-refractivity contribution in [2.45, 2.75) is 12.8 Å². The Kier molecular flexibility index (Phi) is 4.57. The second kappa shape index (κ2) is 7.32. The Morgan fingerprint density at radius 3 is 2.77 bits per heavy atom. The zero-order chi connectivity index (χ0) is 17.8. The first-order valence-electron chi connectivity index (χ1n) is 8.03. The Morgan fingerprint density at radius 1 is 1.15 bits per heavy atom. The molecular formula is C18H15N5O2S. The molecule has 8 heteroatoms. The number of aromatic nitrogens is 4. The Bertz CT molecular complexity index is 975. The van der Waals surface area contributed by atoms with Crippen LogP contribution in [-0.2, 0) is 11.2 Å². The number of benzene rings is 1. The maximum absolute atomic E-state index is 12.1. The first kappa shape index (κ1) is 16.2. The van der Waals surface area contributed by atoms with Crippen LogP contribution in [0.25, 0.3) is 22.6 Å². The van der Waals surface area contributed by atoms with E-state index < -0.39 is 0 Å². The van der Waals surface area contributed by atoms with E-state index in [4.69, 9.17) is 4.52 Å². The molecule has 3 aromatic heterocycles. The average molecular weight is 365 g/mol. The van der Waals surface area contributed by atoms with Gasteiger partial charge in [-0.1, -0.05) is 17.3 Å². The number of anilines is 1. The van der Waals surface area contributed by atoms with Gasteiger partial charge in [-0.05, 0) is 35.2 Å². The lowest BCUT2D eigenvalue weighted by Gasteiger charge is -2.05. The van der Waals surface area contributed by atoms with Crippen molar-refractivity contribution in [2.75, 3.05) is 5.32 Å². The number of thiophene rings is 1. The molecule has 0 spiro atoms. The summed E-state index contributed by atoms with van der Waals surface area (Å²) in [5.74, 6) is 0.904. The van der Waals surface area contributed by atoms with E-state index in [1.54, 1.807) is 17.5 Å². The molecule has 0 fully saturated rings. The molecule has 0 radical (unpaired) electrons. The molecule has 0 aliphatic carbocycles. The Balaban J connectivity index is 1.31. The lowest BCUT2D eigenvalue weighted by Crippen LogP contribution is -2.12. The van der Waals surface area contributed by atoms with Crippen LogP contribution < -0.4 is 5.32 Å². The molecule has 3 heterocycles. The fraction of sp³-hybridized carbons (Fsp3) is 0.111. The standard InChI is InChI=1S/C18H15N5O2S/c24-16(5-6-17-21-18(23-25-17)13-8-10-26-11-13)20-14-3-1-12(2-4-14)15-7-9-19-22-15/h1-4,7-11H,5-6H2,(H,19,22)(H,20,24). The molecule has 0 saturated carbocycles. The molecule has 26 heavy (non-hydrogen) atoms. The third kappa shape index (κ3) is 3.70. The number of carbonyl (C=O) groups is 1. The van der Waals surface area contributed by atoms with Gasteiger partial charge in [0.2, 0.25) is 17.6 Å². The first-order chi connectivity index (χ1) is 12.8. The van der Waals surface area contributed by atoms with Crippen LogP contribution in [0.15, 0.2) is 57.9 Å². The van der Waals surface area contributed by atoms with Gasteiger partial charge in [0.05, 0.1) is 5.69 Å². The van der Waals surface area contributed by atoms with Gasteiger partial charge < -0.3 is 9.84 Å². The van der Waals surface area contributed by atoms with Crippen molar-refractivity contribution < 1.29 is 9.32 Å². The van der Waals surface area contributed by atoms with Gasteiger partial charge in [0.25, 0.3) is 0 Å². The van der Waals surface area contributed by atoms with Crippen LogP contribution in [0.2, 0.25) is 0 Å². The van der Waals surface area contributed by atoms with E-state index in [1.165, 1.54) is 0 Å². The highest BCUT2D eigenvalue weighted by Gasteiger charge is 2.11. The van der Waals surface area contributed by atoms with Crippen molar-refractivity contribution in [3.63, 3.8) is 0 Å². The second-order valence-electron chi connectivity index (χ2n) is 5.62. The van der Waals surface area contributed by atoms with Gasteiger partial charge >= 0.3 is 0 Å². The van der Waals surface area contributed by atoms with E-state index in [1.807, 2.05) is 47.2 Å². The minimum absolute atomic E-state index is 0.102. The SMILES string of the molecule is O=C(CCc1nc(-c2ccsc2)no1)Nc1ccc(-c2ccn[nH]2)cc1. The highest BCUT2D eigenvalue weighted by molar-refractivity contribution is 7.08. The van der Waals surface area contributed by atoms with Gasteiger partial charge in [0, 0.05) is 35.7 Å². The molecule has 0 aliphatic rings. The maximum Gasteiger partial charge on any atom is 0.227 e. The number of carbonyl (C=O) groups excluding carboxylic acids is 1. The van der Waals surface area contributed by atoms with E-state index in [0.29, 0.717) is 18.1 Å². The molecule has 1 amide bonds. The number of H-pyrrole nitrogens is 1. The Labute approximate surface area is 153 Å². The van der Waals surface area contributed by atoms with Crippen LogP contribution in [-0.4, -0.2) is 26.2 Å². The summed E-state index contributed by atoms with van der Waals surface area (Å²) in [7, 11) is 0. The van der Waals surface area contributed by atoms with E-state index >= 15 is 0 Å². The summed E-state index contributed by atoms with van der Waals surface area (Å²) >= 11 is 1.57. The van der Waals surface area contributed by atoms with E-state index in [2.05, 4.69) is 25.7 Å². The smallest absolute Gasteiger partial charge is 0.227 e. The van der Waals surface area contributed by atoms with Crippen molar-refractivity contribution in [2.24, 2.45) is 0 Å². The fourth-order valence-corrected chi connectivity index (χ4v) is 3.09. The third-order valence-electron chi connectivity index (χ3n) is 3.79. The molecule has 1 aromatic carbocycles. The molecular weight excluding hydrogens is 350 g/mol. The van der Waals surface area contributed by atoms with Gasteiger partial charge in [-0.2, -0.15) is 21.4 Å². The molecule has 0 atom stereocenters. The summed E-state index contributed by atoms with van der Waals surface area (Å²) in [4.78, 5) is 16.4. The number of aryl methyl sites for hydroxylation is 1. The summed E-state index contributed by atoms with van der Waals surface area (Å²) < 4.78 is 5.20. The summed E-state index contributed by atoms with van der Waals surface area (Å²) in [6, 6.07) is 11.4. The van der Waals surface area contributed by atoms with Crippen molar-refractivity contribution in [1.29, 1.82) is 0 Å². The van der Waals surface area contributed by atoms with E-state index in [0.717, 1.165) is 22.5 Å². The summed E-state index contributed by atoms with van der Waals surface area (Å²) in [6.07, 6.45) is 2.37. The van der Waals surface area contributed by atoms with E-state index in [-0.39, 0.29) is 12.3 Å². The molecule has 2 N–H and O–H groups in total. The van der Waals surface area contributed by atoms with Crippen molar-refractivity contribution >= 4 is 22.9 Å². The lowest BCUT2D eigenvalue weighted by atomic mass is 10.1. The van der Waals surface area contributed by atoms with E-state index in [9.17, 15) is 4.79 Å². The molecule has 7 nitrogen and oxygen atoms in total. The first-order valence-corrected chi connectivity index (χ1v) is 8.97. The zero-order valence-corrected chi connectivity index (χ0v) is 14.5. The third-order valence-corrected chi connectivity index (χ3v) is 4.48. The number of nitrogens with one attached hydrogen (secondary N) is 2. The number of rotatable bonds is 6. The maximum atomic E-state index is 12.1. The largest absolute Gasteiger partial charge is 0.339 e. The molecule has 4 rings (SSSR count). The molecule has 4 aromatic rings. The molecule has 0 bridgehead atoms. The average Bonchev–Trinajstić information content (AvgIpc) is 3.42. The quantitative estimate of drug-likeness (QED) is 0.542. The number of hydrogen-bond donors (Lipinski definition) is 2. The highest BCUT2D eigenvalue weighted by atomic mass is 32.1. The predicted molar refractivity (Wildman–Crippen MR) is 98.6 cm³/mol. The van der Waals surface area contributed by atoms with Crippen molar-refractivity contribution in [3.8, 4) is 22.6 Å². The van der Waals surface area contributed by atoms with Crippen LogP contribution in [0.3, 0.4) is 0 Å². The topological polar surface area (TPSA) is 96.7 Å². The van der Waals surface area contributed by atoms with Crippen LogP contribution in [0.4, 0.5) is 5.69 Å².